The minimum Gasteiger partial charge on any atom is -0.465 e. The van der Waals surface area contributed by atoms with Crippen LogP contribution >= 0.6 is 0 Å². The van der Waals surface area contributed by atoms with Crippen molar-refractivity contribution in [3.05, 3.63) is 69.6 Å². The van der Waals surface area contributed by atoms with Crippen LogP contribution in [0.1, 0.15) is 10.4 Å². The molecule has 0 saturated heterocycles. The first-order chi connectivity index (χ1) is 11.5. The Morgan fingerprint density at radius 1 is 1.08 bits per heavy atom. The summed E-state index contributed by atoms with van der Waals surface area (Å²) in [7, 11) is 1.08. The van der Waals surface area contributed by atoms with Crippen LogP contribution in [0.2, 0.25) is 0 Å². The van der Waals surface area contributed by atoms with Gasteiger partial charge in [0.2, 0.25) is 5.43 Å². The maximum atomic E-state index is 14.0. The van der Waals surface area contributed by atoms with Crippen LogP contribution in [0.4, 0.5) is 13.2 Å². The quantitative estimate of drug-likeness (QED) is 0.578. The van der Waals surface area contributed by atoms with Crippen LogP contribution < -0.4 is 5.43 Å². The molecule has 0 bridgehead atoms. The number of H-pyrrole nitrogens is 1. The third-order valence-electron chi connectivity index (χ3n) is 3.59. The lowest BCUT2D eigenvalue weighted by molar-refractivity contribution is 0.0600. The molecule has 1 N–H and O–H groups in total. The Morgan fingerprint density at radius 2 is 1.75 bits per heavy atom. The summed E-state index contributed by atoms with van der Waals surface area (Å²) < 4.78 is 45.6. The van der Waals surface area contributed by atoms with E-state index in [2.05, 4.69) is 9.72 Å². The van der Waals surface area contributed by atoms with E-state index in [-0.39, 0.29) is 5.69 Å². The molecule has 0 aliphatic rings. The Morgan fingerprint density at radius 3 is 2.38 bits per heavy atom. The van der Waals surface area contributed by atoms with Gasteiger partial charge in [0.25, 0.3) is 0 Å². The van der Waals surface area contributed by atoms with Gasteiger partial charge >= 0.3 is 5.97 Å². The smallest absolute Gasteiger partial charge is 0.344 e. The van der Waals surface area contributed by atoms with Crippen LogP contribution in [0.3, 0.4) is 0 Å². The minimum absolute atomic E-state index is 0.0372. The second-order valence-electron chi connectivity index (χ2n) is 4.97. The van der Waals surface area contributed by atoms with Crippen molar-refractivity contribution in [3.8, 4) is 11.3 Å². The number of ether oxygens (including phenoxy) is 1. The summed E-state index contributed by atoms with van der Waals surface area (Å²) in [5.41, 5.74) is -1.54. The Hall–Kier alpha value is -3.09. The van der Waals surface area contributed by atoms with Crippen LogP contribution in [-0.2, 0) is 4.74 Å². The van der Waals surface area contributed by atoms with Crippen molar-refractivity contribution in [1.82, 2.24) is 4.98 Å². The number of nitrogens with one attached hydrogen (secondary N) is 1. The number of aromatic nitrogens is 1. The monoisotopic (exact) mass is 333 g/mol. The highest BCUT2D eigenvalue weighted by Gasteiger charge is 2.24. The van der Waals surface area contributed by atoms with E-state index in [0.717, 1.165) is 7.11 Å². The summed E-state index contributed by atoms with van der Waals surface area (Å²) in [5.74, 6) is -5.73. The molecule has 0 saturated carbocycles. The number of pyridine rings is 1. The first-order valence-electron chi connectivity index (χ1n) is 6.83. The molecule has 3 rings (SSSR count). The SMILES string of the molecule is COC(=O)c1c(-c2ccccc2)[nH]c2c(F)c(F)c(F)cc2c1=O. The maximum absolute atomic E-state index is 14.0. The molecule has 3 aromatic rings. The second kappa shape index (κ2) is 5.84. The average molecular weight is 333 g/mol. The van der Waals surface area contributed by atoms with Gasteiger partial charge < -0.3 is 9.72 Å². The van der Waals surface area contributed by atoms with Gasteiger partial charge in [0, 0.05) is 0 Å². The zero-order chi connectivity index (χ0) is 17.4. The van der Waals surface area contributed by atoms with E-state index in [0.29, 0.717) is 11.6 Å². The number of hydrogen-bond donors (Lipinski definition) is 1. The van der Waals surface area contributed by atoms with E-state index in [1.54, 1.807) is 30.3 Å². The number of rotatable bonds is 2. The first-order valence-corrected chi connectivity index (χ1v) is 6.83. The first kappa shape index (κ1) is 15.8. The molecule has 1 aromatic heterocycles. The van der Waals surface area contributed by atoms with Gasteiger partial charge in [-0.05, 0) is 11.6 Å². The van der Waals surface area contributed by atoms with Gasteiger partial charge in [-0.25, -0.2) is 18.0 Å². The number of fused-ring (bicyclic) bond motifs is 1. The molecule has 0 radical (unpaired) electrons. The van der Waals surface area contributed by atoms with E-state index < -0.39 is 45.3 Å². The van der Waals surface area contributed by atoms with Crippen LogP contribution in [-0.4, -0.2) is 18.1 Å². The lowest BCUT2D eigenvalue weighted by Gasteiger charge is -2.11. The Bertz CT molecular complexity index is 1010. The highest BCUT2D eigenvalue weighted by atomic mass is 19.2. The third-order valence-corrected chi connectivity index (χ3v) is 3.59. The number of carbonyl (C=O) groups excluding carboxylic acids is 1. The minimum atomic E-state index is -1.71. The van der Waals surface area contributed by atoms with Crippen molar-refractivity contribution in [1.29, 1.82) is 0 Å². The zero-order valence-corrected chi connectivity index (χ0v) is 12.3. The summed E-state index contributed by atoms with van der Waals surface area (Å²) in [4.78, 5) is 27.1. The molecular formula is C17H10F3NO3. The number of benzene rings is 2. The molecule has 1 heterocycles. The molecule has 4 nitrogen and oxygen atoms in total. The topological polar surface area (TPSA) is 59.2 Å². The predicted octanol–water partition coefficient (Wildman–Crippen LogP) is 3.40. The molecule has 2 aromatic carbocycles. The molecular weight excluding hydrogens is 323 g/mol. The fourth-order valence-corrected chi connectivity index (χ4v) is 2.45. The molecule has 0 atom stereocenters. The Balaban J connectivity index is 2.50. The molecule has 7 heteroatoms. The van der Waals surface area contributed by atoms with E-state index in [9.17, 15) is 22.8 Å². The van der Waals surface area contributed by atoms with Crippen LogP contribution in [0.5, 0.6) is 0 Å². The average Bonchev–Trinajstić information content (AvgIpc) is 2.60. The van der Waals surface area contributed by atoms with Crippen molar-refractivity contribution in [2.45, 2.75) is 0 Å². The van der Waals surface area contributed by atoms with Crippen LogP contribution in [0, 0.1) is 17.5 Å². The van der Waals surface area contributed by atoms with Gasteiger partial charge in [0.05, 0.1) is 23.7 Å². The summed E-state index contributed by atoms with van der Waals surface area (Å²) in [5, 5.41) is -0.480. The van der Waals surface area contributed by atoms with E-state index >= 15 is 0 Å². The Kier molecular flexibility index (Phi) is 3.84. The number of halogens is 3. The largest absolute Gasteiger partial charge is 0.465 e. The number of aromatic amines is 1. The zero-order valence-electron chi connectivity index (χ0n) is 12.3. The molecule has 24 heavy (non-hydrogen) atoms. The molecule has 0 aliphatic heterocycles. The van der Waals surface area contributed by atoms with Gasteiger partial charge in [-0.15, -0.1) is 0 Å². The highest BCUT2D eigenvalue weighted by molar-refractivity contribution is 6.00. The maximum Gasteiger partial charge on any atom is 0.344 e. The van der Waals surface area contributed by atoms with Crippen molar-refractivity contribution >= 4 is 16.9 Å². The van der Waals surface area contributed by atoms with Gasteiger partial charge in [-0.1, -0.05) is 30.3 Å². The normalized spacial score (nSPS) is 10.8. The van der Waals surface area contributed by atoms with E-state index in [1.165, 1.54) is 0 Å². The second-order valence-corrected chi connectivity index (χ2v) is 4.97. The molecule has 0 aliphatic carbocycles. The van der Waals surface area contributed by atoms with Crippen LogP contribution in [0.15, 0.2) is 41.2 Å². The summed E-state index contributed by atoms with van der Waals surface area (Å²) in [6.45, 7) is 0. The lowest BCUT2D eigenvalue weighted by Crippen LogP contribution is -2.20. The van der Waals surface area contributed by atoms with Crippen molar-refractivity contribution in [2.24, 2.45) is 0 Å². The molecule has 0 unspecified atom stereocenters. The van der Waals surface area contributed by atoms with E-state index in [1.807, 2.05) is 0 Å². The fraction of sp³-hybridized carbons (Fsp3) is 0.0588. The Labute approximate surface area is 133 Å². The van der Waals surface area contributed by atoms with Crippen molar-refractivity contribution in [3.63, 3.8) is 0 Å². The van der Waals surface area contributed by atoms with Crippen LogP contribution in [0.25, 0.3) is 22.2 Å². The van der Waals surface area contributed by atoms with Crippen molar-refractivity contribution in [2.75, 3.05) is 7.11 Å². The van der Waals surface area contributed by atoms with Gasteiger partial charge in [-0.3, -0.25) is 4.79 Å². The highest BCUT2D eigenvalue weighted by Crippen LogP contribution is 2.26. The number of carbonyl (C=O) groups is 1. The molecule has 122 valence electrons. The molecule has 0 spiro atoms. The summed E-state index contributed by atoms with van der Waals surface area (Å²) in [6, 6.07) is 8.67. The molecule has 0 amide bonds. The third kappa shape index (κ3) is 2.34. The predicted molar refractivity (Wildman–Crippen MR) is 81.2 cm³/mol. The number of esters is 1. The number of hydrogen-bond acceptors (Lipinski definition) is 3. The standard InChI is InChI=1S/C17H10F3NO3/c1-24-17(23)11-14(8-5-3-2-4-6-8)21-15-9(16(11)22)7-10(18)12(19)13(15)20/h2-7H,1H3,(H,21,22). The summed E-state index contributed by atoms with van der Waals surface area (Å²) in [6.07, 6.45) is 0. The summed E-state index contributed by atoms with van der Waals surface area (Å²) >= 11 is 0. The molecule has 0 fully saturated rings. The van der Waals surface area contributed by atoms with E-state index in [4.69, 9.17) is 0 Å². The van der Waals surface area contributed by atoms with Gasteiger partial charge in [0.15, 0.2) is 17.5 Å². The number of methoxy groups -OCH3 is 1. The lowest BCUT2D eigenvalue weighted by atomic mass is 10.0. The fourth-order valence-electron chi connectivity index (χ4n) is 2.45. The van der Waals surface area contributed by atoms with Gasteiger partial charge in [-0.2, -0.15) is 0 Å². The van der Waals surface area contributed by atoms with Crippen molar-refractivity contribution < 1.29 is 22.7 Å². The van der Waals surface area contributed by atoms with Gasteiger partial charge in [0.1, 0.15) is 5.56 Å².